The highest BCUT2D eigenvalue weighted by Crippen LogP contribution is 2.50. The molecule has 0 saturated carbocycles. The quantitative estimate of drug-likeness (QED) is 0.131. The number of ether oxygens (including phenoxy) is 1. The van der Waals surface area contributed by atoms with Gasteiger partial charge in [0.2, 0.25) is 5.69 Å². The maximum absolute atomic E-state index is 13.2. The van der Waals surface area contributed by atoms with Gasteiger partial charge in [0, 0.05) is 53.2 Å². The van der Waals surface area contributed by atoms with E-state index >= 15 is 0 Å². The fourth-order valence-electron chi connectivity index (χ4n) is 6.96. The number of benzene rings is 2. The molecule has 0 fully saturated rings. The van der Waals surface area contributed by atoms with E-state index in [1.807, 2.05) is 25.3 Å². The number of carboxylic acids is 1. The monoisotopic (exact) mass is 942 g/mol. The van der Waals surface area contributed by atoms with Gasteiger partial charge in [-0.15, -0.1) is 25.3 Å². The third-order valence-electron chi connectivity index (χ3n) is 9.08. The molecule has 0 bridgehead atoms. The maximum atomic E-state index is 13.2. The predicted molar refractivity (Wildman–Crippen MR) is 210 cm³/mol. The number of carbonyl (C=O) groups is 2. The highest BCUT2D eigenvalue weighted by Gasteiger charge is 2.48. The van der Waals surface area contributed by atoms with E-state index in [2.05, 4.69) is 0 Å². The Hall–Kier alpha value is -4.70. The fourth-order valence-corrected chi connectivity index (χ4v) is 8.46. The van der Waals surface area contributed by atoms with Crippen LogP contribution in [0.3, 0.4) is 0 Å². The van der Waals surface area contributed by atoms with Crippen molar-refractivity contribution in [3.05, 3.63) is 76.5 Å². The zero-order valence-electron chi connectivity index (χ0n) is 32.6. The number of rotatable bonds is 15. The molecule has 0 atom stereocenters. The van der Waals surface area contributed by atoms with E-state index in [9.17, 15) is 53.6 Å². The smallest absolute Gasteiger partial charge is 0.425 e. The van der Waals surface area contributed by atoms with Crippen molar-refractivity contribution in [2.24, 2.45) is 0 Å². The summed E-state index contributed by atoms with van der Waals surface area (Å²) in [6.07, 6.45) is 5.43. The molecule has 4 rings (SSSR count). The average molecular weight is 943 g/mol. The number of nitrogens with zero attached hydrogens (tertiary/aromatic N) is 2. The molecule has 0 saturated heterocycles. The minimum absolute atomic E-state index is 0.0256. The molecule has 26 heteroatoms. The molecule has 0 amide bonds. The molecule has 0 aliphatic carbocycles. The molecule has 21 nitrogen and oxygen atoms in total. The molecule has 2 aliphatic heterocycles. The zero-order chi connectivity index (χ0) is 46.2. The number of allylic oxidation sites excluding steroid dienone is 4. The number of esters is 1. The van der Waals surface area contributed by atoms with Gasteiger partial charge < -0.3 is 19.3 Å². The third-order valence-corrected chi connectivity index (χ3v) is 11.5. The first-order chi connectivity index (χ1) is 27.4. The molecule has 3 N–H and O–H groups in total. The number of aromatic carboxylic acids is 1. The van der Waals surface area contributed by atoms with Crippen molar-refractivity contribution in [1.29, 1.82) is 0 Å². The second-order valence-corrected chi connectivity index (χ2v) is 19.3. The maximum Gasteiger partial charge on any atom is 0.425 e. The summed E-state index contributed by atoms with van der Waals surface area (Å²) < 4.78 is 159. The largest absolute Gasteiger partial charge is 0.748 e. The van der Waals surface area contributed by atoms with Gasteiger partial charge in [0.05, 0.1) is 49.5 Å². The van der Waals surface area contributed by atoms with Gasteiger partial charge in [-0.05, 0) is 51.0 Å². The Kier molecular flexibility index (Phi) is 17.4. The van der Waals surface area contributed by atoms with Crippen LogP contribution in [0.2, 0.25) is 0 Å². The van der Waals surface area contributed by atoms with Crippen LogP contribution < -0.4 is 4.90 Å². The van der Waals surface area contributed by atoms with E-state index < -0.39 is 96.3 Å². The summed E-state index contributed by atoms with van der Waals surface area (Å²) >= 11 is 0. The minimum atomic E-state index is -4.87. The fraction of sp³-hybridized carbons (Fsp3) is 0.441. The summed E-state index contributed by atoms with van der Waals surface area (Å²) in [4.78, 5) is 26.5. The lowest BCUT2D eigenvalue weighted by atomic mass is 9.78. The number of hydrogen-bond acceptors (Lipinski definition) is 17. The van der Waals surface area contributed by atoms with Crippen LogP contribution >= 0.6 is 0 Å². The van der Waals surface area contributed by atoms with Crippen LogP contribution in [0.4, 0.5) is 11.4 Å². The second kappa shape index (κ2) is 20.2. The Morgan fingerprint density at radius 3 is 1.95 bits per heavy atom. The third kappa shape index (κ3) is 13.7. The molecule has 2 heterocycles. The Bertz CT molecular complexity index is 2640. The first kappa shape index (κ1) is 51.4. The van der Waals surface area contributed by atoms with Crippen LogP contribution in [0.5, 0.6) is 0 Å². The van der Waals surface area contributed by atoms with Crippen molar-refractivity contribution in [3.8, 4) is 0 Å². The van der Waals surface area contributed by atoms with E-state index in [1.54, 1.807) is 50.3 Å². The molecule has 60 heavy (non-hydrogen) atoms. The van der Waals surface area contributed by atoms with Crippen molar-refractivity contribution in [1.82, 2.24) is 0 Å². The van der Waals surface area contributed by atoms with Crippen LogP contribution in [0.25, 0.3) is 0 Å². The van der Waals surface area contributed by atoms with Crippen LogP contribution in [-0.2, 0) is 67.1 Å². The van der Waals surface area contributed by atoms with Gasteiger partial charge in [-0.3, -0.25) is 9.11 Å². The van der Waals surface area contributed by atoms with Gasteiger partial charge in [-0.2, -0.15) is 21.4 Å². The summed E-state index contributed by atoms with van der Waals surface area (Å²) in [5.41, 5.74) is 0.496. The standard InChI is InChI=1S/C34H42N2O13S3.2O3S/c1-6-17-49-32(39)23-11-7-12-25-29(23)33(2,3)27(35(25)15-9-18-50(40,41)42)13-8-14-28-34(4,5)30-24(31(37)38)20-22(52(46,47)48)21-26(30)36(28)16-10-19-51(43,44)45;2*1-4(2)3/h7-8,11-14,20-21H,6,9-10,15-19H2,1-5H3,(H3-,37,38,40,41,42,43,44,45,46,47,48);;. The van der Waals surface area contributed by atoms with Crippen molar-refractivity contribution in [2.45, 2.75) is 69.6 Å². The first-order valence-corrected chi connectivity index (χ1v) is 23.9. The van der Waals surface area contributed by atoms with Gasteiger partial charge in [-0.25, -0.2) is 18.0 Å². The molecule has 0 aromatic heterocycles. The van der Waals surface area contributed by atoms with Gasteiger partial charge in [0.25, 0.3) is 20.2 Å². The summed E-state index contributed by atoms with van der Waals surface area (Å²) in [5, 5.41) is 10.1. The molecule has 0 unspecified atom stereocenters. The summed E-state index contributed by atoms with van der Waals surface area (Å²) in [6, 6.07) is 7.04. The Morgan fingerprint density at radius 2 is 1.45 bits per heavy atom. The molecular formula is C34H42N2O19S5. The van der Waals surface area contributed by atoms with Crippen LogP contribution in [0.15, 0.2) is 59.2 Å². The molecule has 332 valence electrons. The molecule has 2 aromatic carbocycles. The Balaban J connectivity index is 0.00000142. The van der Waals surface area contributed by atoms with E-state index in [-0.39, 0.29) is 43.8 Å². The van der Waals surface area contributed by atoms with Crippen LogP contribution in [0.1, 0.15) is 85.7 Å². The highest BCUT2D eigenvalue weighted by molar-refractivity contribution is 7.86. The lowest BCUT2D eigenvalue weighted by Gasteiger charge is -2.27. The highest BCUT2D eigenvalue weighted by atomic mass is 32.2. The Labute approximate surface area is 349 Å². The second-order valence-electron chi connectivity index (χ2n) is 14.0. The number of anilines is 1. The van der Waals surface area contributed by atoms with Gasteiger partial charge in [0.1, 0.15) is 6.54 Å². The van der Waals surface area contributed by atoms with Gasteiger partial charge in [0.15, 0.2) is 5.71 Å². The SMILES string of the molecule is CCCOC(=O)c1cccc2c1C(C)(C)C(/C=C/C=C1/N(CCCS(=O)(=O)O)c3cc(S(=O)(=O)O)cc(C(=O)O)c3C1(C)C)=[N+]2CCCS(=O)(=O)[O-].O=S(=O)=O.O=S(=O)=O. The Morgan fingerprint density at radius 1 is 0.867 bits per heavy atom. The average Bonchev–Trinajstić information content (AvgIpc) is 3.43. The molecule has 0 radical (unpaired) electrons. The van der Waals surface area contributed by atoms with Crippen LogP contribution in [0, 0.1) is 0 Å². The summed E-state index contributed by atoms with van der Waals surface area (Å²) in [5.74, 6) is -3.27. The minimum Gasteiger partial charge on any atom is -0.748 e. The number of fused-ring (bicyclic) bond motifs is 2. The van der Waals surface area contributed by atoms with Crippen LogP contribution in [-0.4, -0.2) is 123 Å². The molecular weight excluding hydrogens is 901 g/mol. The number of hydrogen-bond donors (Lipinski definition) is 3. The summed E-state index contributed by atoms with van der Waals surface area (Å²) in [7, 11) is -20.0. The predicted octanol–water partition coefficient (Wildman–Crippen LogP) is 2.02. The van der Waals surface area contributed by atoms with E-state index in [1.165, 1.54) is 4.90 Å². The van der Waals surface area contributed by atoms with E-state index in [0.29, 0.717) is 34.6 Å². The molecule has 0 spiro atoms. The topological polar surface area (TPSA) is 338 Å². The van der Waals surface area contributed by atoms with Crippen molar-refractivity contribution < 1.29 is 88.2 Å². The lowest BCUT2D eigenvalue weighted by Crippen LogP contribution is -2.30. The normalized spacial score (nSPS) is 16.0. The van der Waals surface area contributed by atoms with Crippen molar-refractivity contribution >= 4 is 80.6 Å². The number of carboxylic acid groups (broad SMARTS) is 1. The lowest BCUT2D eigenvalue weighted by molar-refractivity contribution is -0.437. The van der Waals surface area contributed by atoms with E-state index in [0.717, 1.165) is 12.1 Å². The summed E-state index contributed by atoms with van der Waals surface area (Å²) in [6.45, 7) is 9.18. The molecule has 2 aliphatic rings. The van der Waals surface area contributed by atoms with Crippen molar-refractivity contribution in [3.63, 3.8) is 0 Å². The van der Waals surface area contributed by atoms with Crippen molar-refractivity contribution in [2.75, 3.05) is 36.1 Å². The molecule has 2 aromatic rings. The first-order valence-electron chi connectivity index (χ1n) is 17.3. The van der Waals surface area contributed by atoms with Gasteiger partial charge >= 0.3 is 33.2 Å². The van der Waals surface area contributed by atoms with E-state index in [4.69, 9.17) is 30.0 Å². The van der Waals surface area contributed by atoms with Gasteiger partial charge in [-0.1, -0.05) is 32.9 Å². The number of carbonyl (C=O) groups excluding carboxylic acids is 1. The zero-order valence-corrected chi connectivity index (χ0v) is 36.7.